The third kappa shape index (κ3) is 1.85. The van der Waals surface area contributed by atoms with E-state index < -0.39 is 6.09 Å². The highest BCUT2D eigenvalue weighted by atomic mass is 16.5. The number of carbonyl (C=O) groups is 1. The Balaban J connectivity index is 2.24. The first-order chi connectivity index (χ1) is 6.75. The average Bonchev–Trinajstić information content (AvgIpc) is 2.17. The fraction of sp³-hybridized carbons (Fsp3) is 0.300. The number of rotatable bonds is 1. The Kier molecular flexibility index (Phi) is 2.37. The summed E-state index contributed by atoms with van der Waals surface area (Å²) in [5.74, 6) is 0. The van der Waals surface area contributed by atoms with Crippen molar-refractivity contribution in [2.45, 2.75) is 13.0 Å². The van der Waals surface area contributed by atoms with Crippen molar-refractivity contribution in [3.8, 4) is 0 Å². The van der Waals surface area contributed by atoms with Crippen LogP contribution < -0.4 is 5.32 Å². The highest BCUT2D eigenvalue weighted by Crippen LogP contribution is 2.20. The van der Waals surface area contributed by atoms with Crippen LogP contribution in [0, 0.1) is 0 Å². The highest BCUT2D eigenvalue weighted by molar-refractivity contribution is 5.83. The second-order valence-electron chi connectivity index (χ2n) is 3.22. The van der Waals surface area contributed by atoms with Crippen molar-refractivity contribution >= 4 is 11.8 Å². The van der Waals surface area contributed by atoms with E-state index in [1.807, 2.05) is 12.1 Å². The predicted octanol–water partition coefficient (Wildman–Crippen LogP) is 1.85. The van der Waals surface area contributed by atoms with Crippen LogP contribution in [0.25, 0.3) is 0 Å². The molecule has 0 fully saturated rings. The molecular weight excluding hydrogens is 182 g/mol. The fourth-order valence-electron chi connectivity index (χ4n) is 1.56. The van der Waals surface area contributed by atoms with Gasteiger partial charge in [-0.3, -0.25) is 5.32 Å². The summed E-state index contributed by atoms with van der Waals surface area (Å²) < 4.78 is 5.28. The largest absolute Gasteiger partial charge is 0.465 e. The van der Waals surface area contributed by atoms with Gasteiger partial charge in [-0.2, -0.15) is 0 Å². The summed E-state index contributed by atoms with van der Waals surface area (Å²) >= 11 is 0. The van der Waals surface area contributed by atoms with Crippen LogP contribution in [0.4, 0.5) is 10.5 Å². The molecule has 4 heteroatoms. The van der Waals surface area contributed by atoms with Gasteiger partial charge in [0, 0.05) is 5.69 Å². The maximum atomic E-state index is 10.4. The standard InChI is InChI=1S/C10H11NO3/c12-10(13)11-9-2-1-8-6-14-4-3-7(8)5-9/h1-2,5,11H,3-4,6H2,(H,12,13). The normalized spacial score (nSPS) is 14.6. The zero-order valence-electron chi connectivity index (χ0n) is 7.62. The van der Waals surface area contributed by atoms with Crippen LogP contribution in [0.15, 0.2) is 18.2 Å². The van der Waals surface area contributed by atoms with Gasteiger partial charge in [-0.1, -0.05) is 6.07 Å². The minimum absolute atomic E-state index is 0.623. The van der Waals surface area contributed by atoms with E-state index in [0.717, 1.165) is 12.0 Å². The summed E-state index contributed by atoms with van der Waals surface area (Å²) in [6, 6.07) is 5.52. The molecule has 0 unspecified atom stereocenters. The lowest BCUT2D eigenvalue weighted by Crippen LogP contribution is -2.12. The van der Waals surface area contributed by atoms with Gasteiger partial charge in [-0.15, -0.1) is 0 Å². The van der Waals surface area contributed by atoms with Crippen molar-refractivity contribution < 1.29 is 14.6 Å². The molecule has 74 valence electrons. The lowest BCUT2D eigenvalue weighted by molar-refractivity contribution is 0.111. The number of hydrogen-bond acceptors (Lipinski definition) is 2. The summed E-state index contributed by atoms with van der Waals surface area (Å²) in [5, 5.41) is 10.9. The molecule has 0 saturated heterocycles. The molecular formula is C10H11NO3. The van der Waals surface area contributed by atoms with Crippen molar-refractivity contribution in [3.05, 3.63) is 29.3 Å². The molecule has 2 N–H and O–H groups in total. The number of carboxylic acid groups (broad SMARTS) is 1. The van der Waals surface area contributed by atoms with Gasteiger partial charge >= 0.3 is 6.09 Å². The number of benzene rings is 1. The molecule has 1 aliphatic rings. The molecule has 4 nitrogen and oxygen atoms in total. The van der Waals surface area contributed by atoms with Crippen molar-refractivity contribution in [2.75, 3.05) is 11.9 Å². The molecule has 0 spiro atoms. The van der Waals surface area contributed by atoms with E-state index in [4.69, 9.17) is 9.84 Å². The van der Waals surface area contributed by atoms with E-state index in [1.165, 1.54) is 5.56 Å². The molecule has 1 heterocycles. The maximum absolute atomic E-state index is 10.4. The van der Waals surface area contributed by atoms with E-state index in [2.05, 4.69) is 5.32 Å². The molecule has 1 aromatic rings. The van der Waals surface area contributed by atoms with E-state index in [0.29, 0.717) is 18.9 Å². The molecule has 0 saturated carbocycles. The van der Waals surface area contributed by atoms with E-state index in [9.17, 15) is 4.79 Å². The van der Waals surface area contributed by atoms with Crippen LogP contribution in [0.3, 0.4) is 0 Å². The molecule has 2 rings (SSSR count). The Hall–Kier alpha value is -1.55. The summed E-state index contributed by atoms with van der Waals surface area (Å²) in [6.45, 7) is 1.34. The first kappa shape index (κ1) is 9.02. The second-order valence-corrected chi connectivity index (χ2v) is 3.22. The molecule has 1 aromatic carbocycles. The Labute approximate surface area is 81.5 Å². The lowest BCUT2D eigenvalue weighted by atomic mass is 10.0. The maximum Gasteiger partial charge on any atom is 0.409 e. The number of nitrogens with one attached hydrogen (secondary N) is 1. The lowest BCUT2D eigenvalue weighted by Gasteiger charge is -2.16. The molecule has 0 radical (unpaired) electrons. The van der Waals surface area contributed by atoms with E-state index in [1.54, 1.807) is 6.07 Å². The summed E-state index contributed by atoms with van der Waals surface area (Å²) in [6.07, 6.45) is -0.179. The molecule has 0 aliphatic carbocycles. The first-order valence-electron chi connectivity index (χ1n) is 4.45. The third-order valence-corrected chi connectivity index (χ3v) is 2.23. The third-order valence-electron chi connectivity index (χ3n) is 2.23. The Morgan fingerprint density at radius 3 is 3.07 bits per heavy atom. The second kappa shape index (κ2) is 3.67. The smallest absolute Gasteiger partial charge is 0.409 e. The monoisotopic (exact) mass is 193 g/mol. The first-order valence-corrected chi connectivity index (χ1v) is 4.45. The highest BCUT2D eigenvalue weighted by Gasteiger charge is 2.10. The minimum Gasteiger partial charge on any atom is -0.465 e. The predicted molar refractivity (Wildman–Crippen MR) is 51.4 cm³/mol. The number of hydrogen-bond donors (Lipinski definition) is 2. The Bertz CT molecular complexity index is 362. The van der Waals surface area contributed by atoms with E-state index in [-0.39, 0.29) is 0 Å². The van der Waals surface area contributed by atoms with Crippen molar-refractivity contribution in [1.82, 2.24) is 0 Å². The zero-order valence-corrected chi connectivity index (χ0v) is 7.62. The topological polar surface area (TPSA) is 58.6 Å². The van der Waals surface area contributed by atoms with E-state index >= 15 is 0 Å². The van der Waals surface area contributed by atoms with Gasteiger partial charge in [0.15, 0.2) is 0 Å². The van der Waals surface area contributed by atoms with Gasteiger partial charge in [-0.05, 0) is 29.7 Å². The summed E-state index contributed by atoms with van der Waals surface area (Å²) in [5.41, 5.74) is 2.94. The zero-order chi connectivity index (χ0) is 9.97. The van der Waals surface area contributed by atoms with Crippen molar-refractivity contribution in [3.63, 3.8) is 0 Å². The van der Waals surface area contributed by atoms with Gasteiger partial charge in [0.05, 0.1) is 13.2 Å². The number of anilines is 1. The summed E-state index contributed by atoms with van der Waals surface area (Å²) in [7, 11) is 0. The van der Waals surface area contributed by atoms with Gasteiger partial charge in [0.25, 0.3) is 0 Å². The van der Waals surface area contributed by atoms with Gasteiger partial charge < -0.3 is 9.84 Å². The van der Waals surface area contributed by atoms with Crippen LogP contribution in [-0.2, 0) is 17.8 Å². The molecule has 0 bridgehead atoms. The van der Waals surface area contributed by atoms with Crippen molar-refractivity contribution in [1.29, 1.82) is 0 Å². The number of ether oxygens (including phenoxy) is 1. The average molecular weight is 193 g/mol. The molecule has 1 amide bonds. The molecule has 1 aliphatic heterocycles. The Morgan fingerprint density at radius 2 is 2.29 bits per heavy atom. The van der Waals surface area contributed by atoms with Gasteiger partial charge in [0.2, 0.25) is 0 Å². The van der Waals surface area contributed by atoms with Crippen LogP contribution in [0.1, 0.15) is 11.1 Å². The number of fused-ring (bicyclic) bond motifs is 1. The molecule has 0 aromatic heterocycles. The van der Waals surface area contributed by atoms with Gasteiger partial charge in [0.1, 0.15) is 0 Å². The SMILES string of the molecule is O=C(O)Nc1ccc2c(c1)CCOC2. The van der Waals surface area contributed by atoms with Crippen LogP contribution >= 0.6 is 0 Å². The fourth-order valence-corrected chi connectivity index (χ4v) is 1.56. The molecule has 0 atom stereocenters. The molecule has 14 heavy (non-hydrogen) atoms. The minimum atomic E-state index is -1.03. The van der Waals surface area contributed by atoms with Crippen LogP contribution in [0.5, 0.6) is 0 Å². The summed E-state index contributed by atoms with van der Waals surface area (Å²) in [4.78, 5) is 10.4. The number of amides is 1. The Morgan fingerprint density at radius 1 is 1.43 bits per heavy atom. The van der Waals surface area contributed by atoms with Crippen LogP contribution in [0.2, 0.25) is 0 Å². The van der Waals surface area contributed by atoms with Gasteiger partial charge in [-0.25, -0.2) is 4.79 Å². The quantitative estimate of drug-likeness (QED) is 0.715. The van der Waals surface area contributed by atoms with Crippen molar-refractivity contribution in [2.24, 2.45) is 0 Å². The van der Waals surface area contributed by atoms with Crippen LogP contribution in [-0.4, -0.2) is 17.8 Å².